The normalized spacial score (nSPS) is 18.8. The number of rotatable bonds is 12. The molecule has 0 radical (unpaired) electrons. The fourth-order valence-electron chi connectivity index (χ4n) is 5.10. The van der Waals surface area contributed by atoms with E-state index in [1.165, 1.54) is 0 Å². The number of Topliss-reactive ketones (excluding diaryl/α,β-unsaturated/α-hetero) is 1. The number of hydrogen-bond acceptors (Lipinski definition) is 5. The molecular formula is C35H36O5. The Hall–Kier alpha value is -3.93. The summed E-state index contributed by atoms with van der Waals surface area (Å²) in [6, 6.07) is 36.1. The molecule has 4 aromatic carbocycles. The van der Waals surface area contributed by atoms with Gasteiger partial charge in [-0.2, -0.15) is 0 Å². The summed E-state index contributed by atoms with van der Waals surface area (Å²) in [6.07, 6.45) is 1.11. The van der Waals surface area contributed by atoms with Gasteiger partial charge in [0.15, 0.2) is 11.9 Å². The Morgan fingerprint density at radius 2 is 1.35 bits per heavy atom. The van der Waals surface area contributed by atoms with Crippen LogP contribution in [-0.4, -0.2) is 31.7 Å². The summed E-state index contributed by atoms with van der Waals surface area (Å²) in [5.41, 5.74) is 4.37. The predicted molar refractivity (Wildman–Crippen MR) is 156 cm³/mol. The molecule has 5 rings (SSSR count). The summed E-state index contributed by atoms with van der Waals surface area (Å²) >= 11 is 0. The zero-order valence-electron chi connectivity index (χ0n) is 22.9. The van der Waals surface area contributed by atoms with Gasteiger partial charge in [0, 0.05) is 18.8 Å². The molecule has 2 unspecified atom stereocenters. The fourth-order valence-corrected chi connectivity index (χ4v) is 5.10. The Labute approximate surface area is 236 Å². The van der Waals surface area contributed by atoms with Crippen molar-refractivity contribution in [2.45, 2.75) is 44.7 Å². The highest BCUT2D eigenvalue weighted by atomic mass is 16.5. The summed E-state index contributed by atoms with van der Waals surface area (Å²) < 4.78 is 24.1. The maximum absolute atomic E-state index is 13.7. The van der Waals surface area contributed by atoms with Gasteiger partial charge in [-0.3, -0.25) is 4.79 Å². The van der Waals surface area contributed by atoms with E-state index < -0.39 is 6.10 Å². The lowest BCUT2D eigenvalue weighted by Gasteiger charge is -2.34. The molecule has 206 valence electrons. The van der Waals surface area contributed by atoms with E-state index in [1.807, 2.05) is 78.9 Å². The van der Waals surface area contributed by atoms with Crippen molar-refractivity contribution in [2.75, 3.05) is 13.7 Å². The van der Waals surface area contributed by atoms with Gasteiger partial charge in [-0.05, 0) is 46.9 Å². The van der Waals surface area contributed by atoms with E-state index >= 15 is 0 Å². The molecule has 0 N–H and O–H groups in total. The summed E-state index contributed by atoms with van der Waals surface area (Å²) in [4.78, 5) is 13.7. The predicted octanol–water partition coefficient (Wildman–Crippen LogP) is 6.81. The van der Waals surface area contributed by atoms with Crippen LogP contribution < -0.4 is 9.47 Å². The van der Waals surface area contributed by atoms with Crippen LogP contribution in [0.15, 0.2) is 109 Å². The molecule has 0 heterocycles. The first-order valence-electron chi connectivity index (χ1n) is 13.9. The number of carbonyl (C=O) groups excluding carboxylic acids is 1. The van der Waals surface area contributed by atoms with Crippen LogP contribution in [0.4, 0.5) is 0 Å². The Bertz CT molecular complexity index is 1340. The first-order valence-corrected chi connectivity index (χ1v) is 13.9. The lowest BCUT2D eigenvalue weighted by Crippen LogP contribution is -2.45. The van der Waals surface area contributed by atoms with Crippen LogP contribution in [0.3, 0.4) is 0 Å². The molecule has 40 heavy (non-hydrogen) atoms. The molecule has 0 aromatic heterocycles. The monoisotopic (exact) mass is 536 g/mol. The van der Waals surface area contributed by atoms with Crippen molar-refractivity contribution in [1.82, 2.24) is 0 Å². The van der Waals surface area contributed by atoms with E-state index in [9.17, 15) is 4.79 Å². The number of ether oxygens (including phenoxy) is 4. The van der Waals surface area contributed by atoms with Crippen LogP contribution in [-0.2, 0) is 33.9 Å². The Balaban J connectivity index is 1.29. The van der Waals surface area contributed by atoms with Crippen molar-refractivity contribution < 1.29 is 23.7 Å². The molecule has 0 spiro atoms. The molecule has 0 bridgehead atoms. The summed E-state index contributed by atoms with van der Waals surface area (Å²) in [5.74, 6) is 1.33. The molecule has 0 amide bonds. The molecule has 5 nitrogen and oxygen atoms in total. The van der Waals surface area contributed by atoms with E-state index in [0.717, 1.165) is 33.8 Å². The zero-order valence-corrected chi connectivity index (χ0v) is 22.9. The minimum absolute atomic E-state index is 0.0758. The fraction of sp³-hybridized carbons (Fsp3) is 0.286. The largest absolute Gasteiger partial charge is 0.497 e. The highest BCUT2D eigenvalue weighted by molar-refractivity contribution is 5.86. The molecule has 3 atom stereocenters. The molecule has 1 saturated carbocycles. The lowest BCUT2D eigenvalue weighted by atomic mass is 9.84. The quantitative estimate of drug-likeness (QED) is 0.199. The molecule has 5 heteroatoms. The summed E-state index contributed by atoms with van der Waals surface area (Å²) in [5, 5.41) is 0. The maximum atomic E-state index is 13.7. The van der Waals surface area contributed by atoms with Gasteiger partial charge in [-0.15, -0.1) is 0 Å². The Morgan fingerprint density at radius 1 is 0.700 bits per heavy atom. The molecule has 0 saturated heterocycles. The van der Waals surface area contributed by atoms with Crippen LogP contribution >= 0.6 is 0 Å². The standard InChI is InChI=1S/C35H36O5/c1-37-31-18-16-26(17-19-31)20-29-14-8-9-15-33(29)40-34-22-32(39-24-28-12-6-3-7-13-28)21-30(35(34)36)25-38-23-27-10-4-2-5-11-27/h2-19,30,32,34H,20-25H2,1H3/t30-,32?,34?/m0/s1. The van der Waals surface area contributed by atoms with Crippen molar-refractivity contribution in [1.29, 1.82) is 0 Å². The SMILES string of the molecule is COc1ccc(Cc2ccccc2OC2CC(OCc3ccccc3)C[C@@H](COCc3ccccc3)C2=O)cc1. The molecule has 1 aliphatic carbocycles. The minimum Gasteiger partial charge on any atom is -0.497 e. The third-order valence-corrected chi connectivity index (χ3v) is 7.30. The second kappa shape index (κ2) is 13.9. The van der Waals surface area contributed by atoms with Gasteiger partial charge in [-0.25, -0.2) is 0 Å². The smallest absolute Gasteiger partial charge is 0.178 e. The van der Waals surface area contributed by atoms with Gasteiger partial charge in [-0.1, -0.05) is 91.0 Å². The number of benzene rings is 4. The van der Waals surface area contributed by atoms with Crippen LogP contribution in [0.25, 0.3) is 0 Å². The average Bonchev–Trinajstić information content (AvgIpc) is 3.00. The average molecular weight is 537 g/mol. The highest BCUT2D eigenvalue weighted by Crippen LogP contribution is 2.31. The van der Waals surface area contributed by atoms with E-state index in [-0.39, 0.29) is 17.8 Å². The molecule has 4 aromatic rings. The second-order valence-electron chi connectivity index (χ2n) is 10.2. The van der Waals surface area contributed by atoms with Gasteiger partial charge in [0.25, 0.3) is 0 Å². The summed E-state index contributed by atoms with van der Waals surface area (Å²) in [6.45, 7) is 1.31. The van der Waals surface area contributed by atoms with E-state index in [2.05, 4.69) is 30.3 Å². The lowest BCUT2D eigenvalue weighted by molar-refractivity contribution is -0.142. The van der Waals surface area contributed by atoms with Crippen molar-refractivity contribution in [3.63, 3.8) is 0 Å². The van der Waals surface area contributed by atoms with E-state index in [4.69, 9.17) is 18.9 Å². The molecule has 1 aliphatic rings. The Morgan fingerprint density at radius 3 is 2.05 bits per heavy atom. The minimum atomic E-state index is -0.600. The van der Waals surface area contributed by atoms with Crippen molar-refractivity contribution in [3.8, 4) is 11.5 Å². The Kier molecular flexibility index (Phi) is 9.62. The number of hydrogen-bond donors (Lipinski definition) is 0. The van der Waals surface area contributed by atoms with Gasteiger partial charge in [0.2, 0.25) is 0 Å². The van der Waals surface area contributed by atoms with Gasteiger partial charge < -0.3 is 18.9 Å². The maximum Gasteiger partial charge on any atom is 0.178 e. The number of methoxy groups -OCH3 is 1. The zero-order chi connectivity index (χ0) is 27.6. The number of ketones is 1. The van der Waals surface area contributed by atoms with Crippen LogP contribution in [0, 0.1) is 5.92 Å². The van der Waals surface area contributed by atoms with E-state index in [1.54, 1.807) is 7.11 Å². The summed E-state index contributed by atoms with van der Waals surface area (Å²) in [7, 11) is 1.66. The topological polar surface area (TPSA) is 54.0 Å². The molecular weight excluding hydrogens is 500 g/mol. The van der Waals surface area contributed by atoms with Gasteiger partial charge in [0.1, 0.15) is 11.5 Å². The van der Waals surface area contributed by atoms with Crippen LogP contribution in [0.5, 0.6) is 11.5 Å². The highest BCUT2D eigenvalue weighted by Gasteiger charge is 2.39. The third kappa shape index (κ3) is 7.59. The second-order valence-corrected chi connectivity index (χ2v) is 10.2. The molecule has 1 fully saturated rings. The van der Waals surface area contributed by atoms with Crippen molar-refractivity contribution >= 4 is 5.78 Å². The number of carbonyl (C=O) groups is 1. The van der Waals surface area contributed by atoms with Gasteiger partial charge in [0.05, 0.1) is 33.0 Å². The van der Waals surface area contributed by atoms with Crippen molar-refractivity contribution in [3.05, 3.63) is 131 Å². The molecule has 0 aliphatic heterocycles. The third-order valence-electron chi connectivity index (χ3n) is 7.30. The van der Waals surface area contributed by atoms with Crippen molar-refractivity contribution in [2.24, 2.45) is 5.92 Å². The van der Waals surface area contributed by atoms with Crippen LogP contribution in [0.2, 0.25) is 0 Å². The van der Waals surface area contributed by atoms with E-state index in [0.29, 0.717) is 39.1 Å². The number of para-hydroxylation sites is 1. The van der Waals surface area contributed by atoms with Crippen LogP contribution in [0.1, 0.15) is 35.1 Å². The first kappa shape index (κ1) is 27.6. The van der Waals surface area contributed by atoms with Gasteiger partial charge >= 0.3 is 0 Å². The first-order chi connectivity index (χ1) is 19.7.